The van der Waals surface area contributed by atoms with Crippen LogP contribution in [0.15, 0.2) is 66.7 Å². The molecule has 126 valence electrons. The molecule has 0 radical (unpaired) electrons. The first-order valence-electron chi connectivity index (χ1n) is 8.70. The number of hydrogen-bond donors (Lipinski definition) is 2. The molecular weight excluding hydrogens is 310 g/mol. The zero-order chi connectivity index (χ0) is 17.3. The third-order valence-electron chi connectivity index (χ3n) is 5.11. The van der Waals surface area contributed by atoms with Gasteiger partial charge in [-0.2, -0.15) is 0 Å². The van der Waals surface area contributed by atoms with Crippen molar-refractivity contribution in [3.05, 3.63) is 83.4 Å². The van der Waals surface area contributed by atoms with Crippen molar-refractivity contribution >= 4 is 16.7 Å². The van der Waals surface area contributed by atoms with E-state index in [-0.39, 0.29) is 12.5 Å². The van der Waals surface area contributed by atoms with Crippen molar-refractivity contribution in [2.45, 2.75) is 24.9 Å². The predicted octanol–water partition coefficient (Wildman–Crippen LogP) is 3.49. The minimum absolute atomic E-state index is 0.135. The van der Waals surface area contributed by atoms with Gasteiger partial charge >= 0.3 is 0 Å². The lowest BCUT2D eigenvalue weighted by Crippen LogP contribution is -2.46. The van der Waals surface area contributed by atoms with E-state index in [1.165, 1.54) is 11.1 Å². The number of benzene rings is 3. The van der Waals surface area contributed by atoms with E-state index in [0.717, 1.165) is 17.2 Å². The minimum atomic E-state index is -0.880. The van der Waals surface area contributed by atoms with Gasteiger partial charge in [0.05, 0.1) is 5.60 Å². The maximum Gasteiger partial charge on any atom is 0.252 e. The van der Waals surface area contributed by atoms with E-state index in [4.69, 9.17) is 0 Å². The van der Waals surface area contributed by atoms with Gasteiger partial charge < -0.3 is 10.4 Å². The van der Waals surface area contributed by atoms with Gasteiger partial charge in [0.1, 0.15) is 0 Å². The zero-order valence-corrected chi connectivity index (χ0v) is 14.0. The largest absolute Gasteiger partial charge is 0.388 e. The first-order valence-corrected chi connectivity index (χ1v) is 8.70. The van der Waals surface area contributed by atoms with Gasteiger partial charge in [-0.15, -0.1) is 0 Å². The maximum absolute atomic E-state index is 12.7. The van der Waals surface area contributed by atoms with Gasteiger partial charge in [0, 0.05) is 18.5 Å². The van der Waals surface area contributed by atoms with E-state index in [1.807, 2.05) is 54.6 Å². The number of carbonyl (C=O) groups is 1. The Kier molecular flexibility index (Phi) is 4.02. The Bertz CT molecular complexity index is 929. The topological polar surface area (TPSA) is 49.3 Å². The van der Waals surface area contributed by atoms with E-state index < -0.39 is 5.60 Å². The van der Waals surface area contributed by atoms with Crippen molar-refractivity contribution in [2.75, 3.05) is 6.54 Å². The van der Waals surface area contributed by atoms with Crippen LogP contribution >= 0.6 is 0 Å². The Labute approximate surface area is 147 Å². The van der Waals surface area contributed by atoms with Crippen LogP contribution in [0.5, 0.6) is 0 Å². The summed E-state index contributed by atoms with van der Waals surface area (Å²) in [6.45, 7) is 0.267. The Hall–Kier alpha value is -2.65. The first-order chi connectivity index (χ1) is 12.1. The molecule has 2 N–H and O–H groups in total. The van der Waals surface area contributed by atoms with E-state index in [9.17, 15) is 9.90 Å². The summed E-state index contributed by atoms with van der Waals surface area (Å²) >= 11 is 0. The minimum Gasteiger partial charge on any atom is -0.388 e. The Morgan fingerprint density at radius 3 is 2.56 bits per heavy atom. The molecule has 1 aliphatic rings. The average Bonchev–Trinajstić information content (AvgIpc) is 2.65. The van der Waals surface area contributed by atoms with Crippen molar-refractivity contribution in [2.24, 2.45) is 0 Å². The molecule has 0 aliphatic heterocycles. The molecule has 0 fully saturated rings. The lowest BCUT2D eigenvalue weighted by atomic mass is 9.80. The van der Waals surface area contributed by atoms with Crippen molar-refractivity contribution in [1.82, 2.24) is 5.32 Å². The van der Waals surface area contributed by atoms with E-state index in [0.29, 0.717) is 18.4 Å². The van der Waals surface area contributed by atoms with E-state index >= 15 is 0 Å². The molecule has 0 heterocycles. The van der Waals surface area contributed by atoms with Crippen molar-refractivity contribution < 1.29 is 9.90 Å². The highest BCUT2D eigenvalue weighted by Crippen LogP contribution is 2.28. The lowest BCUT2D eigenvalue weighted by molar-refractivity contribution is 0.0260. The summed E-state index contributed by atoms with van der Waals surface area (Å²) in [5.74, 6) is -0.135. The molecule has 1 aliphatic carbocycles. The highest BCUT2D eigenvalue weighted by atomic mass is 16.3. The number of hydrogen-bond acceptors (Lipinski definition) is 2. The van der Waals surface area contributed by atoms with Crippen LogP contribution < -0.4 is 5.32 Å². The quantitative estimate of drug-likeness (QED) is 0.772. The van der Waals surface area contributed by atoms with Crippen LogP contribution in [-0.4, -0.2) is 23.2 Å². The first kappa shape index (κ1) is 15.9. The summed E-state index contributed by atoms with van der Waals surface area (Å²) < 4.78 is 0. The molecule has 0 aromatic heterocycles. The van der Waals surface area contributed by atoms with Crippen LogP contribution in [0.25, 0.3) is 10.8 Å². The van der Waals surface area contributed by atoms with Crippen molar-refractivity contribution in [1.29, 1.82) is 0 Å². The summed E-state index contributed by atoms with van der Waals surface area (Å²) in [6.07, 6.45) is 2.09. The molecule has 0 bridgehead atoms. The number of amides is 1. The summed E-state index contributed by atoms with van der Waals surface area (Å²) in [7, 11) is 0. The smallest absolute Gasteiger partial charge is 0.252 e. The SMILES string of the molecule is O=C(NC[C@]1(O)CCc2ccccc2C1)c1cccc2ccccc12. The molecule has 3 nitrogen and oxygen atoms in total. The molecule has 0 saturated carbocycles. The fourth-order valence-corrected chi connectivity index (χ4v) is 3.70. The third-order valence-corrected chi connectivity index (χ3v) is 5.11. The highest BCUT2D eigenvalue weighted by Gasteiger charge is 2.32. The van der Waals surface area contributed by atoms with Gasteiger partial charge in [0.15, 0.2) is 0 Å². The Balaban J connectivity index is 1.50. The molecule has 0 saturated heterocycles. The number of aryl methyl sites for hydroxylation is 1. The molecule has 1 atom stereocenters. The fourth-order valence-electron chi connectivity index (χ4n) is 3.70. The molecular formula is C22H21NO2. The van der Waals surface area contributed by atoms with Crippen LogP contribution in [-0.2, 0) is 12.8 Å². The normalized spacial score (nSPS) is 19.4. The molecule has 25 heavy (non-hydrogen) atoms. The second kappa shape index (κ2) is 6.34. The second-order valence-electron chi connectivity index (χ2n) is 6.88. The number of rotatable bonds is 3. The Morgan fingerprint density at radius 2 is 1.68 bits per heavy atom. The average molecular weight is 331 g/mol. The summed E-state index contributed by atoms with van der Waals surface area (Å²) in [5.41, 5.74) is 2.25. The van der Waals surface area contributed by atoms with Crippen LogP contribution in [0.3, 0.4) is 0 Å². The van der Waals surface area contributed by atoms with Crippen molar-refractivity contribution in [3.63, 3.8) is 0 Å². The standard InChI is InChI=1S/C22H21NO2/c24-21(20-11-5-9-17-7-3-4-10-19(17)20)23-15-22(25)13-12-16-6-1-2-8-18(16)14-22/h1-11,25H,12-15H2,(H,23,24)/t22-/m0/s1. The number of nitrogens with one attached hydrogen (secondary N) is 1. The second-order valence-corrected chi connectivity index (χ2v) is 6.88. The Morgan fingerprint density at radius 1 is 0.960 bits per heavy atom. The van der Waals surface area contributed by atoms with E-state index in [2.05, 4.69) is 17.4 Å². The van der Waals surface area contributed by atoms with Crippen LogP contribution in [0.1, 0.15) is 27.9 Å². The highest BCUT2D eigenvalue weighted by molar-refractivity contribution is 6.07. The maximum atomic E-state index is 12.7. The number of carbonyl (C=O) groups excluding carboxylic acids is 1. The molecule has 3 heteroatoms. The van der Waals surface area contributed by atoms with Gasteiger partial charge in [0.2, 0.25) is 0 Å². The fraction of sp³-hybridized carbons (Fsp3) is 0.227. The van der Waals surface area contributed by atoms with Gasteiger partial charge in [0.25, 0.3) is 5.91 Å². The molecule has 0 unspecified atom stereocenters. The van der Waals surface area contributed by atoms with E-state index in [1.54, 1.807) is 0 Å². The molecule has 0 spiro atoms. The summed E-state index contributed by atoms with van der Waals surface area (Å²) in [4.78, 5) is 12.7. The van der Waals surface area contributed by atoms with Gasteiger partial charge in [-0.1, -0.05) is 60.7 Å². The summed E-state index contributed by atoms with van der Waals surface area (Å²) in [6, 6.07) is 21.8. The lowest BCUT2D eigenvalue weighted by Gasteiger charge is -2.33. The molecule has 3 aromatic rings. The van der Waals surface area contributed by atoms with Crippen LogP contribution in [0.2, 0.25) is 0 Å². The van der Waals surface area contributed by atoms with Gasteiger partial charge in [-0.25, -0.2) is 0 Å². The predicted molar refractivity (Wildman–Crippen MR) is 99.7 cm³/mol. The molecule has 4 rings (SSSR count). The van der Waals surface area contributed by atoms with Crippen molar-refractivity contribution in [3.8, 4) is 0 Å². The van der Waals surface area contributed by atoms with Gasteiger partial charge in [-0.05, 0) is 40.8 Å². The monoisotopic (exact) mass is 331 g/mol. The third kappa shape index (κ3) is 3.15. The summed E-state index contributed by atoms with van der Waals surface area (Å²) in [5, 5.41) is 15.8. The van der Waals surface area contributed by atoms with Crippen LogP contribution in [0.4, 0.5) is 0 Å². The zero-order valence-electron chi connectivity index (χ0n) is 14.0. The molecule has 3 aromatic carbocycles. The molecule has 1 amide bonds. The van der Waals surface area contributed by atoms with Crippen LogP contribution in [0, 0.1) is 0 Å². The number of aliphatic hydroxyl groups is 1. The van der Waals surface area contributed by atoms with Gasteiger partial charge in [-0.3, -0.25) is 4.79 Å². The number of fused-ring (bicyclic) bond motifs is 2.